The molecule has 0 spiro atoms. The number of benzene rings is 2. The van der Waals surface area contributed by atoms with Crippen LogP contribution < -0.4 is 10.1 Å². The van der Waals surface area contributed by atoms with E-state index in [0.717, 1.165) is 23.2 Å². The van der Waals surface area contributed by atoms with E-state index < -0.39 is 12.1 Å². The third-order valence-corrected chi connectivity index (χ3v) is 4.60. The quantitative estimate of drug-likeness (QED) is 0.923. The number of ether oxygens (including phenoxy) is 1. The molecule has 0 aromatic heterocycles. The highest BCUT2D eigenvalue weighted by atomic mass is 16.6. The van der Waals surface area contributed by atoms with Crippen molar-refractivity contribution in [2.75, 3.05) is 11.9 Å². The number of hydrogen-bond acceptors (Lipinski definition) is 3. The number of anilines is 1. The first-order valence-corrected chi connectivity index (χ1v) is 8.47. The van der Waals surface area contributed by atoms with E-state index in [1.807, 2.05) is 38.1 Å². The maximum Gasteiger partial charge on any atom is 0.415 e. The van der Waals surface area contributed by atoms with Crippen LogP contribution in [0.3, 0.4) is 0 Å². The van der Waals surface area contributed by atoms with Crippen LogP contribution in [0.25, 0.3) is 0 Å². The lowest BCUT2D eigenvalue weighted by molar-refractivity contribution is -0.119. The van der Waals surface area contributed by atoms with Gasteiger partial charge in [-0.1, -0.05) is 30.3 Å². The van der Waals surface area contributed by atoms with Crippen LogP contribution in [0, 0.1) is 13.8 Å². The number of para-hydroxylation sites is 1. The van der Waals surface area contributed by atoms with E-state index in [1.54, 1.807) is 24.3 Å². The molecule has 0 radical (unpaired) electrons. The molecule has 1 aliphatic heterocycles. The van der Waals surface area contributed by atoms with Gasteiger partial charge in [0.2, 0.25) is 5.91 Å². The zero-order chi connectivity index (χ0) is 17.8. The number of nitrogens with one attached hydrogen (secondary N) is 1. The van der Waals surface area contributed by atoms with E-state index >= 15 is 0 Å². The molecule has 5 nitrogen and oxygen atoms in total. The van der Waals surface area contributed by atoms with Gasteiger partial charge in [-0.25, -0.2) is 4.79 Å². The van der Waals surface area contributed by atoms with Crippen molar-refractivity contribution in [3.63, 3.8) is 0 Å². The molecule has 0 saturated carbocycles. The Kier molecular flexibility index (Phi) is 5.03. The first-order valence-electron chi connectivity index (χ1n) is 8.47. The average Bonchev–Trinajstić information content (AvgIpc) is 3.10. The normalized spacial score (nSPS) is 16.6. The van der Waals surface area contributed by atoms with Crippen molar-refractivity contribution in [3.05, 3.63) is 59.7 Å². The van der Waals surface area contributed by atoms with Gasteiger partial charge >= 0.3 is 6.09 Å². The largest absolute Gasteiger partial charge is 0.415 e. The molecule has 2 amide bonds. The van der Waals surface area contributed by atoms with Crippen molar-refractivity contribution in [3.8, 4) is 5.75 Å². The van der Waals surface area contributed by atoms with Gasteiger partial charge in [0.1, 0.15) is 11.8 Å². The molecule has 5 heteroatoms. The fourth-order valence-electron chi connectivity index (χ4n) is 3.01. The van der Waals surface area contributed by atoms with Crippen molar-refractivity contribution in [1.82, 2.24) is 4.90 Å². The molecule has 1 aliphatic rings. The van der Waals surface area contributed by atoms with E-state index in [-0.39, 0.29) is 5.91 Å². The molecule has 0 aliphatic carbocycles. The predicted octanol–water partition coefficient (Wildman–Crippen LogP) is 3.91. The predicted molar refractivity (Wildman–Crippen MR) is 96.7 cm³/mol. The molecule has 2 aromatic rings. The number of nitrogens with zero attached hydrogens (tertiary/aromatic N) is 1. The Morgan fingerprint density at radius 3 is 2.60 bits per heavy atom. The summed E-state index contributed by atoms with van der Waals surface area (Å²) in [5.74, 6) is 0.310. The Bertz CT molecular complexity index is 774. The van der Waals surface area contributed by atoms with Gasteiger partial charge in [-0.05, 0) is 56.0 Å². The van der Waals surface area contributed by atoms with Crippen molar-refractivity contribution in [2.24, 2.45) is 0 Å². The molecule has 1 N–H and O–H groups in total. The van der Waals surface area contributed by atoms with Crippen LogP contribution in [0.1, 0.15) is 24.0 Å². The van der Waals surface area contributed by atoms with Gasteiger partial charge in [0.05, 0.1) is 0 Å². The summed E-state index contributed by atoms with van der Waals surface area (Å²) >= 11 is 0. The molecule has 2 aromatic carbocycles. The summed E-state index contributed by atoms with van der Waals surface area (Å²) in [6.45, 7) is 4.50. The van der Waals surface area contributed by atoms with Crippen molar-refractivity contribution >= 4 is 17.7 Å². The van der Waals surface area contributed by atoms with Crippen LogP contribution in [0.15, 0.2) is 48.5 Å². The van der Waals surface area contributed by atoms with Gasteiger partial charge < -0.3 is 10.1 Å². The number of carbonyl (C=O) groups is 2. The topological polar surface area (TPSA) is 58.6 Å². The number of likely N-dealkylation sites (tertiary alicyclic amines) is 1. The smallest absolute Gasteiger partial charge is 0.410 e. The number of amides is 2. The molecule has 130 valence electrons. The van der Waals surface area contributed by atoms with Crippen LogP contribution in [0.2, 0.25) is 0 Å². The van der Waals surface area contributed by atoms with E-state index in [9.17, 15) is 9.59 Å². The monoisotopic (exact) mass is 338 g/mol. The Morgan fingerprint density at radius 1 is 1.08 bits per heavy atom. The molecule has 1 heterocycles. The molecule has 3 rings (SSSR count). The lowest BCUT2D eigenvalue weighted by Crippen LogP contribution is -2.44. The third-order valence-electron chi connectivity index (χ3n) is 4.60. The minimum absolute atomic E-state index is 0.170. The summed E-state index contributed by atoms with van der Waals surface area (Å²) in [6.07, 6.45) is 0.944. The number of hydrogen-bond donors (Lipinski definition) is 1. The summed E-state index contributed by atoms with van der Waals surface area (Å²) < 4.78 is 5.38. The maximum absolute atomic E-state index is 12.7. The van der Waals surface area contributed by atoms with Crippen LogP contribution in [0.5, 0.6) is 5.75 Å². The number of carbonyl (C=O) groups excluding carboxylic acids is 2. The van der Waals surface area contributed by atoms with Gasteiger partial charge in [0, 0.05) is 12.2 Å². The second kappa shape index (κ2) is 7.38. The van der Waals surface area contributed by atoms with Gasteiger partial charge in [0.25, 0.3) is 0 Å². The Labute approximate surface area is 147 Å². The third kappa shape index (κ3) is 3.82. The van der Waals surface area contributed by atoms with Crippen LogP contribution in [-0.4, -0.2) is 29.5 Å². The molecule has 0 unspecified atom stereocenters. The van der Waals surface area contributed by atoms with E-state index in [4.69, 9.17) is 4.74 Å². The highest BCUT2D eigenvalue weighted by molar-refractivity contribution is 5.97. The summed E-state index contributed by atoms with van der Waals surface area (Å²) in [7, 11) is 0. The lowest BCUT2D eigenvalue weighted by Gasteiger charge is -2.23. The highest BCUT2D eigenvalue weighted by Gasteiger charge is 2.35. The number of rotatable bonds is 3. The minimum Gasteiger partial charge on any atom is -0.410 e. The fraction of sp³-hybridized carbons (Fsp3) is 0.300. The van der Waals surface area contributed by atoms with Gasteiger partial charge in [-0.3, -0.25) is 9.69 Å². The molecule has 1 saturated heterocycles. The Morgan fingerprint density at radius 2 is 1.84 bits per heavy atom. The van der Waals surface area contributed by atoms with E-state index in [2.05, 4.69) is 5.32 Å². The Hall–Kier alpha value is -2.82. The maximum atomic E-state index is 12.7. The van der Waals surface area contributed by atoms with Gasteiger partial charge in [0.15, 0.2) is 0 Å². The van der Waals surface area contributed by atoms with E-state index in [0.29, 0.717) is 18.7 Å². The summed E-state index contributed by atoms with van der Waals surface area (Å²) in [5, 5.41) is 2.95. The Balaban J connectivity index is 1.69. The summed E-state index contributed by atoms with van der Waals surface area (Å²) in [6, 6.07) is 14.2. The standard InChI is InChI=1S/C20H22N2O3/c1-14-8-6-11-17(15(14)2)21-19(23)18-12-7-13-22(18)20(24)25-16-9-4-3-5-10-16/h3-6,8-11,18H,7,12-13H2,1-2H3,(H,21,23)/t18-/m0/s1. The molecule has 0 bridgehead atoms. The van der Waals surface area contributed by atoms with Crippen LogP contribution in [-0.2, 0) is 4.79 Å². The SMILES string of the molecule is Cc1cccc(NC(=O)[C@@H]2CCCN2C(=O)Oc2ccccc2)c1C. The first kappa shape index (κ1) is 17.0. The lowest BCUT2D eigenvalue weighted by atomic mass is 10.1. The zero-order valence-corrected chi connectivity index (χ0v) is 14.5. The molecule has 1 atom stereocenters. The minimum atomic E-state index is -0.504. The second-order valence-corrected chi connectivity index (χ2v) is 6.27. The highest BCUT2D eigenvalue weighted by Crippen LogP contribution is 2.23. The average molecular weight is 338 g/mol. The fourth-order valence-corrected chi connectivity index (χ4v) is 3.01. The first-order chi connectivity index (χ1) is 12.1. The van der Waals surface area contributed by atoms with Crippen molar-refractivity contribution in [2.45, 2.75) is 32.7 Å². The molecule has 1 fully saturated rings. The van der Waals surface area contributed by atoms with Crippen LogP contribution in [0.4, 0.5) is 10.5 Å². The molecular weight excluding hydrogens is 316 g/mol. The molecule has 25 heavy (non-hydrogen) atoms. The number of aryl methyl sites for hydroxylation is 1. The van der Waals surface area contributed by atoms with Crippen LogP contribution >= 0.6 is 0 Å². The molecular formula is C20H22N2O3. The van der Waals surface area contributed by atoms with Crippen molar-refractivity contribution < 1.29 is 14.3 Å². The summed E-state index contributed by atoms with van der Waals surface area (Å²) in [4.78, 5) is 26.6. The van der Waals surface area contributed by atoms with E-state index in [1.165, 1.54) is 4.90 Å². The summed E-state index contributed by atoms with van der Waals surface area (Å²) in [5.41, 5.74) is 2.94. The second-order valence-electron chi connectivity index (χ2n) is 6.27. The van der Waals surface area contributed by atoms with Crippen molar-refractivity contribution in [1.29, 1.82) is 0 Å². The van der Waals surface area contributed by atoms with Gasteiger partial charge in [-0.2, -0.15) is 0 Å². The zero-order valence-electron chi connectivity index (χ0n) is 14.5. The van der Waals surface area contributed by atoms with Gasteiger partial charge in [-0.15, -0.1) is 0 Å².